The molecule has 1 heterocycles. The average molecular weight is 311 g/mol. The summed E-state index contributed by atoms with van der Waals surface area (Å²) >= 11 is 0. The summed E-state index contributed by atoms with van der Waals surface area (Å²) in [6, 6.07) is 0. The molecule has 0 amide bonds. The second-order valence-electron chi connectivity index (χ2n) is 8.34. The first-order valence-electron chi connectivity index (χ1n) is 8.12. The molecule has 3 heteroatoms. The fraction of sp³-hybridized carbons (Fsp3) is 0.778. The maximum absolute atomic E-state index is 6.41. The van der Waals surface area contributed by atoms with Crippen LogP contribution >= 0.6 is 0 Å². The van der Waals surface area contributed by atoms with Crippen molar-refractivity contribution in [3.8, 4) is 0 Å². The van der Waals surface area contributed by atoms with Crippen LogP contribution in [0.2, 0.25) is 18.1 Å². The molecule has 1 aliphatic heterocycles. The zero-order chi connectivity index (χ0) is 16.3. The molecule has 0 saturated heterocycles. The van der Waals surface area contributed by atoms with Gasteiger partial charge in [0, 0.05) is 18.4 Å². The van der Waals surface area contributed by atoms with Gasteiger partial charge in [0.25, 0.3) is 0 Å². The Morgan fingerprint density at radius 2 is 1.95 bits per heavy atom. The van der Waals surface area contributed by atoms with Gasteiger partial charge in [-0.25, -0.2) is 0 Å². The van der Waals surface area contributed by atoms with Crippen molar-refractivity contribution in [1.82, 2.24) is 0 Å². The molecular formula is C18H34O2Si. The normalized spacial score (nSPS) is 20.7. The average Bonchev–Trinajstić information content (AvgIpc) is 2.36. The van der Waals surface area contributed by atoms with Crippen LogP contribution in [0.3, 0.4) is 0 Å². The van der Waals surface area contributed by atoms with E-state index in [0.29, 0.717) is 0 Å². The van der Waals surface area contributed by atoms with E-state index < -0.39 is 8.32 Å². The van der Waals surface area contributed by atoms with Crippen LogP contribution in [0.25, 0.3) is 0 Å². The molecule has 0 aromatic heterocycles. The Hall–Kier alpha value is -0.543. The molecule has 1 rings (SSSR count). The lowest BCUT2D eigenvalue weighted by atomic mass is 9.89. The standard InChI is InChI=1S/C18H34O2Si/c1-9-11-15-12-10-13-16(20-15)18(5,6)14-19-21(7,8)17(2,3)4/h9,13,15H,1,10-12,14H2,2-8H3/t15-/m1/s1. The van der Waals surface area contributed by atoms with Gasteiger partial charge in [-0.1, -0.05) is 40.7 Å². The van der Waals surface area contributed by atoms with Gasteiger partial charge in [0.2, 0.25) is 0 Å². The molecule has 1 atom stereocenters. The summed E-state index contributed by atoms with van der Waals surface area (Å²) in [5.41, 5.74) is -0.0602. The molecule has 0 spiro atoms. The summed E-state index contributed by atoms with van der Waals surface area (Å²) in [6.07, 6.45) is 7.60. The predicted octanol–water partition coefficient (Wildman–Crippen LogP) is 5.67. The van der Waals surface area contributed by atoms with E-state index in [0.717, 1.165) is 31.6 Å². The van der Waals surface area contributed by atoms with Crippen molar-refractivity contribution in [3.05, 3.63) is 24.5 Å². The van der Waals surface area contributed by atoms with Crippen LogP contribution in [0, 0.1) is 5.41 Å². The molecule has 0 fully saturated rings. The van der Waals surface area contributed by atoms with Gasteiger partial charge in [-0.15, -0.1) is 6.58 Å². The van der Waals surface area contributed by atoms with E-state index in [1.165, 1.54) is 0 Å². The fourth-order valence-electron chi connectivity index (χ4n) is 2.12. The minimum Gasteiger partial charge on any atom is -0.494 e. The van der Waals surface area contributed by atoms with Crippen molar-refractivity contribution in [2.45, 2.75) is 78.1 Å². The van der Waals surface area contributed by atoms with Crippen LogP contribution < -0.4 is 0 Å². The van der Waals surface area contributed by atoms with E-state index in [1.54, 1.807) is 0 Å². The molecule has 0 unspecified atom stereocenters. The molecule has 2 nitrogen and oxygen atoms in total. The van der Waals surface area contributed by atoms with E-state index in [9.17, 15) is 0 Å². The first-order chi connectivity index (χ1) is 9.49. The lowest BCUT2D eigenvalue weighted by molar-refractivity contribution is 0.0359. The van der Waals surface area contributed by atoms with Crippen LogP contribution in [0.1, 0.15) is 53.9 Å². The Morgan fingerprint density at radius 3 is 2.48 bits per heavy atom. The Bertz CT molecular complexity index is 389. The lowest BCUT2D eigenvalue weighted by Gasteiger charge is -2.40. The van der Waals surface area contributed by atoms with Gasteiger partial charge in [0.15, 0.2) is 8.32 Å². The van der Waals surface area contributed by atoms with E-state index in [2.05, 4.69) is 60.4 Å². The first kappa shape index (κ1) is 18.5. The van der Waals surface area contributed by atoms with Crippen LogP contribution in [0.5, 0.6) is 0 Å². The lowest BCUT2D eigenvalue weighted by Crippen LogP contribution is -2.43. The third kappa shape index (κ3) is 4.99. The van der Waals surface area contributed by atoms with Crippen LogP contribution in [-0.2, 0) is 9.16 Å². The van der Waals surface area contributed by atoms with E-state index in [-0.39, 0.29) is 16.6 Å². The van der Waals surface area contributed by atoms with Gasteiger partial charge in [-0.05, 0) is 37.0 Å². The maximum atomic E-state index is 6.41. The Morgan fingerprint density at radius 1 is 1.33 bits per heavy atom. The summed E-state index contributed by atoms with van der Waals surface area (Å²) in [4.78, 5) is 0. The number of allylic oxidation sites excluding steroid dienone is 1. The molecule has 1 aliphatic rings. The van der Waals surface area contributed by atoms with Crippen molar-refractivity contribution < 1.29 is 9.16 Å². The van der Waals surface area contributed by atoms with Gasteiger partial charge in [0.1, 0.15) is 11.9 Å². The highest BCUT2D eigenvalue weighted by molar-refractivity contribution is 6.74. The number of rotatable bonds is 6. The van der Waals surface area contributed by atoms with Gasteiger partial charge in [-0.3, -0.25) is 0 Å². The van der Waals surface area contributed by atoms with E-state index in [4.69, 9.17) is 9.16 Å². The van der Waals surface area contributed by atoms with Crippen LogP contribution in [0.4, 0.5) is 0 Å². The van der Waals surface area contributed by atoms with Gasteiger partial charge < -0.3 is 9.16 Å². The topological polar surface area (TPSA) is 18.5 Å². The summed E-state index contributed by atoms with van der Waals surface area (Å²) in [7, 11) is -1.71. The summed E-state index contributed by atoms with van der Waals surface area (Å²) in [6.45, 7) is 20.5. The Balaban J connectivity index is 2.69. The fourth-order valence-corrected chi connectivity index (χ4v) is 3.28. The summed E-state index contributed by atoms with van der Waals surface area (Å²) in [5, 5.41) is 0.246. The maximum Gasteiger partial charge on any atom is 0.192 e. The van der Waals surface area contributed by atoms with Gasteiger partial charge >= 0.3 is 0 Å². The summed E-state index contributed by atoms with van der Waals surface area (Å²) < 4.78 is 12.6. The Kier molecular flexibility index (Phi) is 5.90. The highest BCUT2D eigenvalue weighted by Crippen LogP contribution is 2.40. The van der Waals surface area contributed by atoms with Crippen molar-refractivity contribution in [1.29, 1.82) is 0 Å². The van der Waals surface area contributed by atoms with Gasteiger partial charge in [0.05, 0.1) is 0 Å². The molecule has 0 saturated carbocycles. The molecule has 0 bridgehead atoms. The zero-order valence-electron chi connectivity index (χ0n) is 15.1. The number of hydrogen-bond donors (Lipinski definition) is 0. The highest BCUT2D eigenvalue weighted by atomic mass is 28.4. The molecular weight excluding hydrogens is 276 g/mol. The SMILES string of the molecule is C=CC[C@@H]1CCC=C(C(C)(C)CO[Si](C)(C)C(C)(C)C)O1. The van der Waals surface area contributed by atoms with Crippen molar-refractivity contribution >= 4 is 8.32 Å². The molecule has 122 valence electrons. The molecule has 0 N–H and O–H groups in total. The predicted molar refractivity (Wildman–Crippen MR) is 93.9 cm³/mol. The molecule has 0 radical (unpaired) electrons. The smallest absolute Gasteiger partial charge is 0.192 e. The van der Waals surface area contributed by atoms with Crippen LogP contribution in [0.15, 0.2) is 24.5 Å². The molecule has 0 aliphatic carbocycles. The van der Waals surface area contributed by atoms with Crippen LogP contribution in [-0.4, -0.2) is 21.0 Å². The monoisotopic (exact) mass is 310 g/mol. The highest BCUT2D eigenvalue weighted by Gasteiger charge is 2.39. The molecule has 0 aromatic carbocycles. The minimum absolute atomic E-state index is 0.0602. The van der Waals surface area contributed by atoms with E-state index >= 15 is 0 Å². The second kappa shape index (κ2) is 6.70. The Labute approximate surface area is 132 Å². The second-order valence-corrected chi connectivity index (χ2v) is 13.2. The van der Waals surface area contributed by atoms with E-state index in [1.807, 2.05) is 6.08 Å². The molecule has 0 aromatic rings. The van der Waals surface area contributed by atoms with Crippen molar-refractivity contribution in [3.63, 3.8) is 0 Å². The third-order valence-corrected chi connectivity index (χ3v) is 9.29. The van der Waals surface area contributed by atoms with Crippen molar-refractivity contribution in [2.24, 2.45) is 5.41 Å². The first-order valence-corrected chi connectivity index (χ1v) is 11.0. The van der Waals surface area contributed by atoms with Gasteiger partial charge in [-0.2, -0.15) is 0 Å². The summed E-state index contributed by atoms with van der Waals surface area (Å²) in [5.74, 6) is 1.10. The zero-order valence-corrected chi connectivity index (χ0v) is 16.1. The quantitative estimate of drug-likeness (QED) is 0.464. The number of ether oxygens (including phenoxy) is 1. The minimum atomic E-state index is -1.71. The molecule has 21 heavy (non-hydrogen) atoms. The van der Waals surface area contributed by atoms with Crippen molar-refractivity contribution in [2.75, 3.05) is 6.61 Å². The third-order valence-electron chi connectivity index (χ3n) is 4.81. The largest absolute Gasteiger partial charge is 0.494 e. The number of hydrogen-bond acceptors (Lipinski definition) is 2.